The number of anilines is 1. The number of halogens is 1. The Hall–Kier alpha value is -1.46. The summed E-state index contributed by atoms with van der Waals surface area (Å²) < 4.78 is 18.1. The highest BCUT2D eigenvalue weighted by Crippen LogP contribution is 2.15. The van der Waals surface area contributed by atoms with Crippen LogP contribution in [0.2, 0.25) is 0 Å². The van der Waals surface area contributed by atoms with E-state index in [0.29, 0.717) is 0 Å². The minimum atomic E-state index is -0.800. The van der Waals surface area contributed by atoms with Gasteiger partial charge in [0.2, 0.25) is 5.91 Å². The zero-order valence-electron chi connectivity index (χ0n) is 9.29. The predicted octanol–water partition coefficient (Wildman–Crippen LogP) is 1.05. The first-order valence-electron chi connectivity index (χ1n) is 4.86. The molecule has 1 aromatic carbocycles. The van der Waals surface area contributed by atoms with E-state index in [1.165, 1.54) is 19.2 Å². The third-order valence-corrected chi connectivity index (χ3v) is 2.07. The minimum absolute atomic E-state index is 0.0965. The lowest BCUT2D eigenvalue weighted by Crippen LogP contribution is -2.39. The molecule has 0 radical (unpaired) electrons. The topological polar surface area (TPSA) is 64.3 Å². The van der Waals surface area contributed by atoms with Crippen molar-refractivity contribution in [3.63, 3.8) is 0 Å². The lowest BCUT2D eigenvalue weighted by Gasteiger charge is -2.11. The van der Waals surface area contributed by atoms with Crippen molar-refractivity contribution in [1.29, 1.82) is 0 Å². The third kappa shape index (κ3) is 3.29. The van der Waals surface area contributed by atoms with Crippen molar-refractivity contribution < 1.29 is 13.9 Å². The Morgan fingerprint density at radius 1 is 1.62 bits per heavy atom. The van der Waals surface area contributed by atoms with Crippen LogP contribution >= 0.6 is 0 Å². The van der Waals surface area contributed by atoms with Gasteiger partial charge in [-0.15, -0.1) is 0 Å². The number of nitrogens with two attached hydrogens (primary N) is 1. The molecule has 0 aromatic heterocycles. The van der Waals surface area contributed by atoms with Crippen LogP contribution in [0.25, 0.3) is 0 Å². The summed E-state index contributed by atoms with van der Waals surface area (Å²) in [4.78, 5) is 11.5. The third-order valence-electron chi connectivity index (χ3n) is 2.07. The summed E-state index contributed by atoms with van der Waals surface area (Å²) in [5.74, 6) is -0.942. The summed E-state index contributed by atoms with van der Waals surface area (Å²) in [5, 5.41) is 2.40. The largest absolute Gasteiger partial charge is 0.383 e. The SMILES string of the molecule is COCC(N)C(=O)Nc1ccc(C)cc1F. The Morgan fingerprint density at radius 2 is 2.31 bits per heavy atom. The van der Waals surface area contributed by atoms with Crippen molar-refractivity contribution in [2.24, 2.45) is 5.73 Å². The summed E-state index contributed by atoms with van der Waals surface area (Å²) in [6.07, 6.45) is 0. The first kappa shape index (κ1) is 12.6. The van der Waals surface area contributed by atoms with Crippen molar-refractivity contribution in [2.45, 2.75) is 13.0 Å². The molecular weight excluding hydrogens is 211 g/mol. The van der Waals surface area contributed by atoms with Gasteiger partial charge in [-0.05, 0) is 24.6 Å². The Balaban J connectivity index is 2.69. The van der Waals surface area contributed by atoms with E-state index in [2.05, 4.69) is 5.32 Å². The number of carbonyl (C=O) groups excluding carboxylic acids is 1. The number of rotatable bonds is 4. The molecule has 16 heavy (non-hydrogen) atoms. The highest BCUT2D eigenvalue weighted by Gasteiger charge is 2.14. The van der Waals surface area contributed by atoms with Gasteiger partial charge in [-0.1, -0.05) is 6.07 Å². The fourth-order valence-corrected chi connectivity index (χ4v) is 1.20. The molecule has 1 unspecified atom stereocenters. The molecule has 0 bridgehead atoms. The first-order chi connectivity index (χ1) is 7.54. The average Bonchev–Trinajstić information content (AvgIpc) is 2.22. The van der Waals surface area contributed by atoms with Gasteiger partial charge >= 0.3 is 0 Å². The Morgan fingerprint density at radius 3 is 2.88 bits per heavy atom. The van der Waals surface area contributed by atoms with Crippen molar-refractivity contribution in [1.82, 2.24) is 0 Å². The van der Waals surface area contributed by atoms with Crippen LogP contribution < -0.4 is 11.1 Å². The molecule has 3 N–H and O–H groups in total. The van der Waals surface area contributed by atoms with E-state index in [4.69, 9.17) is 10.5 Å². The molecule has 1 atom stereocenters. The molecule has 0 aliphatic carbocycles. The molecule has 0 heterocycles. The molecule has 5 heteroatoms. The second-order valence-corrected chi connectivity index (χ2v) is 3.53. The summed E-state index contributed by atoms with van der Waals surface area (Å²) in [5.41, 5.74) is 6.41. The fraction of sp³-hybridized carbons (Fsp3) is 0.364. The molecule has 0 fully saturated rings. The zero-order valence-corrected chi connectivity index (χ0v) is 9.29. The molecule has 0 saturated heterocycles. The van der Waals surface area contributed by atoms with Gasteiger partial charge < -0.3 is 15.8 Å². The van der Waals surface area contributed by atoms with E-state index >= 15 is 0 Å². The number of aryl methyl sites for hydroxylation is 1. The summed E-state index contributed by atoms with van der Waals surface area (Å²) in [6.45, 7) is 1.87. The zero-order chi connectivity index (χ0) is 12.1. The van der Waals surface area contributed by atoms with Gasteiger partial charge in [0.15, 0.2) is 0 Å². The highest BCUT2D eigenvalue weighted by atomic mass is 19.1. The van der Waals surface area contributed by atoms with Crippen molar-refractivity contribution in [2.75, 3.05) is 19.0 Å². The van der Waals surface area contributed by atoms with Gasteiger partial charge in [0, 0.05) is 7.11 Å². The van der Waals surface area contributed by atoms with Gasteiger partial charge in [-0.3, -0.25) is 4.79 Å². The summed E-state index contributed by atoms with van der Waals surface area (Å²) in [7, 11) is 1.44. The van der Waals surface area contributed by atoms with Crippen LogP contribution in [0, 0.1) is 12.7 Å². The second-order valence-electron chi connectivity index (χ2n) is 3.53. The van der Waals surface area contributed by atoms with Gasteiger partial charge in [-0.2, -0.15) is 0 Å². The maximum atomic E-state index is 13.4. The second kappa shape index (κ2) is 5.58. The van der Waals surface area contributed by atoms with Crippen LogP contribution in [0.3, 0.4) is 0 Å². The normalized spacial score (nSPS) is 12.2. The quantitative estimate of drug-likeness (QED) is 0.806. The lowest BCUT2D eigenvalue weighted by atomic mass is 10.2. The first-order valence-corrected chi connectivity index (χ1v) is 4.86. The fourth-order valence-electron chi connectivity index (χ4n) is 1.20. The average molecular weight is 226 g/mol. The maximum Gasteiger partial charge on any atom is 0.243 e. The van der Waals surface area contributed by atoms with Crippen LogP contribution in [-0.4, -0.2) is 25.7 Å². The molecule has 0 aliphatic heterocycles. The molecule has 0 aliphatic rings. The predicted molar refractivity (Wildman–Crippen MR) is 59.6 cm³/mol. The summed E-state index contributed by atoms with van der Waals surface area (Å²) >= 11 is 0. The minimum Gasteiger partial charge on any atom is -0.383 e. The van der Waals surface area contributed by atoms with Crippen LogP contribution in [0.1, 0.15) is 5.56 Å². The Bertz CT molecular complexity index is 382. The van der Waals surface area contributed by atoms with Crippen LogP contribution in [0.5, 0.6) is 0 Å². The molecule has 1 rings (SSSR count). The van der Waals surface area contributed by atoms with Crippen molar-refractivity contribution >= 4 is 11.6 Å². The number of ether oxygens (including phenoxy) is 1. The molecule has 0 spiro atoms. The molecule has 4 nitrogen and oxygen atoms in total. The van der Waals surface area contributed by atoms with Crippen molar-refractivity contribution in [3.8, 4) is 0 Å². The van der Waals surface area contributed by atoms with E-state index in [0.717, 1.165) is 5.56 Å². The highest BCUT2D eigenvalue weighted by molar-refractivity contribution is 5.94. The molecule has 88 valence electrons. The number of amides is 1. The molecule has 1 amide bonds. The standard InChI is InChI=1S/C11H15FN2O2/c1-7-3-4-10(8(12)5-7)14-11(15)9(13)6-16-2/h3-5,9H,6,13H2,1-2H3,(H,14,15). The van der Waals surface area contributed by atoms with E-state index in [1.54, 1.807) is 13.0 Å². The number of nitrogens with one attached hydrogen (secondary N) is 1. The number of benzene rings is 1. The lowest BCUT2D eigenvalue weighted by molar-refractivity contribution is -0.118. The maximum absolute atomic E-state index is 13.4. The van der Waals surface area contributed by atoms with E-state index in [1.807, 2.05) is 0 Å². The van der Waals surface area contributed by atoms with Gasteiger partial charge in [0.05, 0.1) is 12.3 Å². The van der Waals surface area contributed by atoms with Crippen molar-refractivity contribution in [3.05, 3.63) is 29.6 Å². The van der Waals surface area contributed by atoms with Crippen LogP contribution in [0.4, 0.5) is 10.1 Å². The Kier molecular flexibility index (Phi) is 4.39. The number of hydrogen-bond acceptors (Lipinski definition) is 3. The smallest absolute Gasteiger partial charge is 0.243 e. The molecule has 1 aromatic rings. The number of carbonyl (C=O) groups is 1. The summed E-state index contributed by atoms with van der Waals surface area (Å²) in [6, 6.07) is 3.76. The number of hydrogen-bond donors (Lipinski definition) is 2. The Labute approximate surface area is 93.6 Å². The van der Waals surface area contributed by atoms with Gasteiger partial charge in [0.25, 0.3) is 0 Å². The molecule has 0 saturated carbocycles. The van der Waals surface area contributed by atoms with Crippen LogP contribution in [0.15, 0.2) is 18.2 Å². The van der Waals surface area contributed by atoms with Gasteiger partial charge in [-0.25, -0.2) is 4.39 Å². The molecular formula is C11H15FN2O2. The van der Waals surface area contributed by atoms with E-state index in [-0.39, 0.29) is 12.3 Å². The van der Waals surface area contributed by atoms with E-state index < -0.39 is 17.8 Å². The monoisotopic (exact) mass is 226 g/mol. The van der Waals surface area contributed by atoms with Gasteiger partial charge in [0.1, 0.15) is 11.9 Å². The van der Waals surface area contributed by atoms with Crippen LogP contribution in [-0.2, 0) is 9.53 Å². The number of methoxy groups -OCH3 is 1. The van der Waals surface area contributed by atoms with E-state index in [9.17, 15) is 9.18 Å².